The molecule has 0 spiro atoms. The molecule has 2 rings (SSSR count). The zero-order valence-electron chi connectivity index (χ0n) is 8.35. The average molecular weight is 207 g/mol. The second-order valence-corrected chi connectivity index (χ2v) is 3.72. The van der Waals surface area contributed by atoms with Crippen LogP contribution in [0.2, 0.25) is 0 Å². The van der Waals surface area contributed by atoms with Crippen molar-refractivity contribution in [2.75, 3.05) is 6.61 Å². The fourth-order valence-corrected chi connectivity index (χ4v) is 1.88. The number of carbonyl (C=O) groups is 1. The number of nitrogens with zero attached hydrogens (tertiary/aromatic N) is 1. The summed E-state index contributed by atoms with van der Waals surface area (Å²) in [4.78, 5) is 14.5. The van der Waals surface area contributed by atoms with Gasteiger partial charge in [0.05, 0.1) is 12.2 Å². The fraction of sp³-hybridized carbons (Fsp3) is 0.455. The van der Waals surface area contributed by atoms with E-state index in [4.69, 9.17) is 9.84 Å². The molecule has 1 aromatic rings. The van der Waals surface area contributed by atoms with E-state index in [1.54, 1.807) is 12.4 Å². The first-order chi connectivity index (χ1) is 7.23. The highest BCUT2D eigenvalue weighted by Gasteiger charge is 2.40. The van der Waals surface area contributed by atoms with Crippen LogP contribution in [0.4, 0.5) is 0 Å². The Labute approximate surface area is 87.9 Å². The molecule has 1 aromatic heterocycles. The summed E-state index contributed by atoms with van der Waals surface area (Å²) in [6.07, 6.45) is 4.98. The fourth-order valence-electron chi connectivity index (χ4n) is 1.88. The predicted molar refractivity (Wildman–Crippen MR) is 53.4 cm³/mol. The van der Waals surface area contributed by atoms with Crippen LogP contribution >= 0.6 is 0 Å². The van der Waals surface area contributed by atoms with Gasteiger partial charge in [-0.25, -0.2) is 0 Å². The maximum Gasteiger partial charge on any atom is 0.303 e. The molecule has 4 nitrogen and oxygen atoms in total. The highest BCUT2D eigenvalue weighted by atomic mass is 16.5. The molecule has 0 amide bonds. The highest BCUT2D eigenvalue weighted by Crippen LogP contribution is 2.41. The number of carboxylic acids is 1. The molecule has 0 saturated carbocycles. The number of aliphatic carboxylic acids is 1. The lowest BCUT2D eigenvalue weighted by molar-refractivity contribution is -0.165. The van der Waals surface area contributed by atoms with Gasteiger partial charge < -0.3 is 9.84 Å². The van der Waals surface area contributed by atoms with Crippen LogP contribution in [0.15, 0.2) is 24.5 Å². The highest BCUT2D eigenvalue weighted by molar-refractivity contribution is 5.66. The molecule has 2 heterocycles. The Bertz CT molecular complexity index is 346. The van der Waals surface area contributed by atoms with Gasteiger partial charge in [-0.05, 0) is 24.1 Å². The van der Waals surface area contributed by atoms with E-state index in [1.165, 1.54) is 0 Å². The quantitative estimate of drug-likeness (QED) is 0.814. The lowest BCUT2D eigenvalue weighted by Crippen LogP contribution is -2.41. The van der Waals surface area contributed by atoms with E-state index in [0.717, 1.165) is 12.0 Å². The second-order valence-electron chi connectivity index (χ2n) is 3.72. The largest absolute Gasteiger partial charge is 0.481 e. The van der Waals surface area contributed by atoms with Crippen LogP contribution in [0.1, 0.15) is 24.8 Å². The van der Waals surface area contributed by atoms with E-state index in [2.05, 4.69) is 4.98 Å². The summed E-state index contributed by atoms with van der Waals surface area (Å²) in [5.74, 6) is -0.779. The Balaban J connectivity index is 2.12. The summed E-state index contributed by atoms with van der Waals surface area (Å²) < 4.78 is 5.56. The van der Waals surface area contributed by atoms with Crippen LogP contribution in [-0.4, -0.2) is 22.7 Å². The molecule has 1 fully saturated rings. The smallest absolute Gasteiger partial charge is 0.303 e. The van der Waals surface area contributed by atoms with Crippen molar-refractivity contribution >= 4 is 5.97 Å². The monoisotopic (exact) mass is 207 g/mol. The Kier molecular flexibility index (Phi) is 2.68. The molecule has 4 heteroatoms. The molecular weight excluding hydrogens is 194 g/mol. The number of rotatable bonds is 4. The van der Waals surface area contributed by atoms with Gasteiger partial charge >= 0.3 is 5.97 Å². The molecule has 1 N–H and O–H groups in total. The summed E-state index contributed by atoms with van der Waals surface area (Å²) in [5.41, 5.74) is 0.659. The maximum atomic E-state index is 10.5. The minimum Gasteiger partial charge on any atom is -0.481 e. The molecule has 1 aliphatic heterocycles. The van der Waals surface area contributed by atoms with Crippen molar-refractivity contribution in [3.8, 4) is 0 Å². The topological polar surface area (TPSA) is 59.4 Å². The van der Waals surface area contributed by atoms with Crippen molar-refractivity contribution in [1.29, 1.82) is 0 Å². The molecule has 1 atom stereocenters. The van der Waals surface area contributed by atoms with Gasteiger partial charge in [-0.1, -0.05) is 0 Å². The Hall–Kier alpha value is -1.42. The summed E-state index contributed by atoms with van der Waals surface area (Å²) in [5, 5.41) is 8.68. The van der Waals surface area contributed by atoms with Gasteiger partial charge in [-0.3, -0.25) is 9.78 Å². The van der Waals surface area contributed by atoms with Gasteiger partial charge in [-0.15, -0.1) is 0 Å². The van der Waals surface area contributed by atoms with E-state index in [9.17, 15) is 4.79 Å². The van der Waals surface area contributed by atoms with Crippen molar-refractivity contribution in [3.05, 3.63) is 30.1 Å². The maximum absolute atomic E-state index is 10.5. The first kappa shape index (κ1) is 10.1. The molecule has 0 bridgehead atoms. The van der Waals surface area contributed by atoms with Crippen molar-refractivity contribution in [2.45, 2.75) is 24.9 Å². The van der Waals surface area contributed by atoms with Crippen LogP contribution in [0.3, 0.4) is 0 Å². The SMILES string of the molecule is O=C(O)CCC1(c2ccncc2)CCO1. The van der Waals surface area contributed by atoms with Crippen molar-refractivity contribution in [3.63, 3.8) is 0 Å². The number of ether oxygens (including phenoxy) is 1. The first-order valence-electron chi connectivity index (χ1n) is 4.99. The van der Waals surface area contributed by atoms with Gasteiger partial charge in [0.2, 0.25) is 0 Å². The molecule has 80 valence electrons. The lowest BCUT2D eigenvalue weighted by Gasteiger charge is -2.42. The van der Waals surface area contributed by atoms with Crippen LogP contribution in [0.5, 0.6) is 0 Å². The normalized spacial score (nSPS) is 24.5. The van der Waals surface area contributed by atoms with Crippen molar-refractivity contribution in [2.24, 2.45) is 0 Å². The third-order valence-electron chi connectivity index (χ3n) is 2.83. The van der Waals surface area contributed by atoms with Gasteiger partial charge in [0.1, 0.15) is 0 Å². The molecule has 15 heavy (non-hydrogen) atoms. The molecule has 1 unspecified atom stereocenters. The minimum atomic E-state index is -0.779. The third-order valence-corrected chi connectivity index (χ3v) is 2.83. The van der Waals surface area contributed by atoms with E-state index < -0.39 is 5.97 Å². The average Bonchev–Trinajstić information content (AvgIpc) is 2.17. The Morgan fingerprint density at radius 1 is 1.53 bits per heavy atom. The molecule has 1 saturated heterocycles. The number of hydrogen-bond acceptors (Lipinski definition) is 3. The van der Waals surface area contributed by atoms with E-state index in [-0.39, 0.29) is 12.0 Å². The Morgan fingerprint density at radius 3 is 2.67 bits per heavy atom. The Morgan fingerprint density at radius 2 is 2.20 bits per heavy atom. The van der Waals surface area contributed by atoms with E-state index in [1.807, 2.05) is 12.1 Å². The van der Waals surface area contributed by atoms with Gasteiger partial charge in [-0.2, -0.15) is 0 Å². The molecular formula is C11H13NO3. The van der Waals surface area contributed by atoms with E-state index >= 15 is 0 Å². The number of aromatic nitrogens is 1. The summed E-state index contributed by atoms with van der Waals surface area (Å²) in [7, 11) is 0. The summed E-state index contributed by atoms with van der Waals surface area (Å²) in [6, 6.07) is 3.78. The number of carboxylic acid groups (broad SMARTS) is 1. The summed E-state index contributed by atoms with van der Waals surface area (Å²) in [6.45, 7) is 0.710. The second kappa shape index (κ2) is 3.98. The standard InChI is InChI=1S/C11H13NO3/c13-10(14)1-4-11(5-8-15-11)9-2-6-12-7-3-9/h2-3,6-7H,1,4-5,8H2,(H,13,14). The van der Waals surface area contributed by atoms with Gasteiger partial charge in [0.25, 0.3) is 0 Å². The van der Waals surface area contributed by atoms with Crippen LogP contribution in [0, 0.1) is 0 Å². The molecule has 0 aliphatic carbocycles. The number of pyridine rings is 1. The van der Waals surface area contributed by atoms with E-state index in [0.29, 0.717) is 13.0 Å². The molecule has 0 radical (unpaired) electrons. The van der Waals surface area contributed by atoms with Crippen LogP contribution < -0.4 is 0 Å². The van der Waals surface area contributed by atoms with Crippen LogP contribution in [0.25, 0.3) is 0 Å². The molecule has 0 aromatic carbocycles. The zero-order valence-corrected chi connectivity index (χ0v) is 8.35. The predicted octanol–water partition coefficient (Wildman–Crippen LogP) is 1.56. The third kappa shape index (κ3) is 1.99. The van der Waals surface area contributed by atoms with Gasteiger partial charge in [0.15, 0.2) is 0 Å². The minimum absolute atomic E-state index is 0.141. The number of hydrogen-bond donors (Lipinski definition) is 1. The molecule has 1 aliphatic rings. The van der Waals surface area contributed by atoms with Gasteiger partial charge in [0, 0.05) is 25.2 Å². The summed E-state index contributed by atoms with van der Waals surface area (Å²) >= 11 is 0. The first-order valence-corrected chi connectivity index (χ1v) is 4.99. The zero-order chi connectivity index (χ0) is 10.7. The van der Waals surface area contributed by atoms with Crippen LogP contribution in [-0.2, 0) is 15.1 Å². The van der Waals surface area contributed by atoms with Crippen molar-refractivity contribution < 1.29 is 14.6 Å². The lowest BCUT2D eigenvalue weighted by atomic mass is 9.83. The van der Waals surface area contributed by atoms with Crippen molar-refractivity contribution in [1.82, 2.24) is 4.98 Å².